The van der Waals surface area contributed by atoms with Gasteiger partial charge in [-0.05, 0) is 30.3 Å². The van der Waals surface area contributed by atoms with Crippen LogP contribution in [0.3, 0.4) is 0 Å². The Hall–Kier alpha value is -3.74. The predicted octanol–water partition coefficient (Wildman–Crippen LogP) is 3.02. The molecule has 0 saturated carbocycles. The van der Waals surface area contributed by atoms with E-state index in [-0.39, 0.29) is 17.7 Å². The fourth-order valence-corrected chi connectivity index (χ4v) is 2.70. The summed E-state index contributed by atoms with van der Waals surface area (Å²) in [5.74, 6) is -0.661. The molecular formula is C20H18N4O3. The number of carbonyl (C=O) groups is 3. The fraction of sp³-hybridized carbons (Fsp3) is 0.100. The van der Waals surface area contributed by atoms with Crippen molar-refractivity contribution in [2.45, 2.75) is 13.8 Å². The molecule has 0 radical (unpaired) electrons. The largest absolute Gasteiger partial charge is 0.326 e. The molecule has 0 atom stereocenters. The zero-order chi connectivity index (χ0) is 19.4. The number of benzene rings is 2. The number of anilines is 1. The highest BCUT2D eigenvalue weighted by Crippen LogP contribution is 2.19. The molecule has 27 heavy (non-hydrogen) atoms. The van der Waals surface area contributed by atoms with Gasteiger partial charge in [0.25, 0.3) is 5.91 Å². The second-order valence-corrected chi connectivity index (χ2v) is 5.95. The van der Waals surface area contributed by atoms with Crippen molar-refractivity contribution in [3.05, 3.63) is 65.9 Å². The maximum Gasteiger partial charge on any atom is 0.271 e. The van der Waals surface area contributed by atoms with Crippen LogP contribution in [-0.2, 0) is 4.79 Å². The molecule has 0 spiro atoms. The van der Waals surface area contributed by atoms with E-state index in [1.807, 2.05) is 24.3 Å². The monoisotopic (exact) mass is 362 g/mol. The van der Waals surface area contributed by atoms with E-state index in [0.717, 1.165) is 16.5 Å². The van der Waals surface area contributed by atoms with Gasteiger partial charge < -0.3 is 5.32 Å². The van der Waals surface area contributed by atoms with Crippen LogP contribution in [0.5, 0.6) is 0 Å². The molecule has 3 rings (SSSR count). The number of fused-ring (bicyclic) bond motifs is 1. The van der Waals surface area contributed by atoms with Crippen LogP contribution in [0.1, 0.15) is 34.6 Å². The summed E-state index contributed by atoms with van der Waals surface area (Å²) in [4.78, 5) is 34.9. The minimum atomic E-state index is -0.379. The molecule has 1 heterocycles. The number of aromatic nitrogens is 1. The average molecular weight is 362 g/mol. The van der Waals surface area contributed by atoms with Crippen LogP contribution in [-0.4, -0.2) is 28.5 Å². The van der Waals surface area contributed by atoms with Crippen LogP contribution in [0, 0.1) is 0 Å². The van der Waals surface area contributed by atoms with Crippen molar-refractivity contribution < 1.29 is 14.4 Å². The number of hydrazone groups is 1. The summed E-state index contributed by atoms with van der Waals surface area (Å²) >= 11 is 0. The maximum atomic E-state index is 12.2. The van der Waals surface area contributed by atoms with Gasteiger partial charge >= 0.3 is 0 Å². The Labute approximate surface area is 155 Å². The molecule has 0 aliphatic heterocycles. The van der Waals surface area contributed by atoms with Gasteiger partial charge in [-0.15, -0.1) is 0 Å². The Kier molecular flexibility index (Phi) is 5.12. The first-order valence-corrected chi connectivity index (χ1v) is 8.28. The molecule has 136 valence electrons. The van der Waals surface area contributed by atoms with E-state index in [0.29, 0.717) is 11.3 Å². The second kappa shape index (κ2) is 7.65. The molecular weight excluding hydrogens is 344 g/mol. The summed E-state index contributed by atoms with van der Waals surface area (Å²) in [5, 5.41) is 7.49. The summed E-state index contributed by atoms with van der Waals surface area (Å²) in [7, 11) is 0. The van der Waals surface area contributed by atoms with Crippen molar-refractivity contribution in [2.24, 2.45) is 5.10 Å². The van der Waals surface area contributed by atoms with Crippen molar-refractivity contribution >= 4 is 40.5 Å². The van der Waals surface area contributed by atoms with Crippen LogP contribution in [0.15, 0.2) is 59.8 Å². The lowest BCUT2D eigenvalue weighted by Crippen LogP contribution is -2.17. The van der Waals surface area contributed by atoms with Crippen molar-refractivity contribution in [3.63, 3.8) is 0 Å². The second-order valence-electron chi connectivity index (χ2n) is 5.95. The topological polar surface area (TPSA) is 92.6 Å². The normalized spacial score (nSPS) is 10.9. The van der Waals surface area contributed by atoms with Gasteiger partial charge in [0, 0.05) is 42.2 Å². The van der Waals surface area contributed by atoms with E-state index in [2.05, 4.69) is 15.8 Å². The minimum absolute atomic E-state index is 0.103. The van der Waals surface area contributed by atoms with Crippen LogP contribution in [0.2, 0.25) is 0 Å². The first-order valence-electron chi connectivity index (χ1n) is 8.28. The van der Waals surface area contributed by atoms with Crippen LogP contribution < -0.4 is 10.7 Å². The number of amides is 2. The summed E-state index contributed by atoms with van der Waals surface area (Å²) in [6, 6.07) is 13.9. The highest BCUT2D eigenvalue weighted by Gasteiger charge is 2.09. The molecule has 2 amide bonds. The number of para-hydroxylation sites is 1. The van der Waals surface area contributed by atoms with Gasteiger partial charge in [-0.2, -0.15) is 5.10 Å². The van der Waals surface area contributed by atoms with E-state index in [9.17, 15) is 14.4 Å². The minimum Gasteiger partial charge on any atom is -0.326 e. The summed E-state index contributed by atoms with van der Waals surface area (Å²) in [6.45, 7) is 2.90. The van der Waals surface area contributed by atoms with E-state index in [1.54, 1.807) is 35.0 Å². The van der Waals surface area contributed by atoms with Gasteiger partial charge in [-0.3, -0.25) is 19.0 Å². The molecule has 7 nitrogen and oxygen atoms in total. The van der Waals surface area contributed by atoms with Crippen molar-refractivity contribution in [1.82, 2.24) is 9.99 Å². The quantitative estimate of drug-likeness (QED) is 0.552. The Morgan fingerprint density at radius 1 is 1.00 bits per heavy atom. The third-order valence-corrected chi connectivity index (χ3v) is 3.92. The molecule has 2 N–H and O–H groups in total. The number of rotatable bonds is 4. The highest BCUT2D eigenvalue weighted by atomic mass is 16.2. The standard InChI is InChI=1S/C20H18N4O3/c1-13(25)22-17-9-7-15(8-10-17)20(27)23-21-11-16-12-24(14(2)26)19-6-4-3-5-18(16)19/h3-12H,1-2H3,(H,22,25)(H,23,27)/b21-11-. The van der Waals surface area contributed by atoms with Gasteiger partial charge in [-0.25, -0.2) is 5.43 Å². The lowest BCUT2D eigenvalue weighted by molar-refractivity contribution is -0.114. The SMILES string of the molecule is CC(=O)Nc1ccc(C(=O)N/N=C\c2cn(C(C)=O)c3ccccc23)cc1. The zero-order valence-corrected chi connectivity index (χ0v) is 14.9. The summed E-state index contributed by atoms with van der Waals surface area (Å²) < 4.78 is 1.54. The highest BCUT2D eigenvalue weighted by molar-refractivity contribution is 6.04. The average Bonchev–Trinajstić information content (AvgIpc) is 3.01. The lowest BCUT2D eigenvalue weighted by atomic mass is 10.2. The van der Waals surface area contributed by atoms with Crippen molar-refractivity contribution in [2.75, 3.05) is 5.32 Å². The van der Waals surface area contributed by atoms with Gasteiger partial charge in [-0.1, -0.05) is 18.2 Å². The van der Waals surface area contributed by atoms with E-state index in [4.69, 9.17) is 0 Å². The Morgan fingerprint density at radius 3 is 2.37 bits per heavy atom. The van der Waals surface area contributed by atoms with E-state index >= 15 is 0 Å². The van der Waals surface area contributed by atoms with Crippen molar-refractivity contribution in [3.8, 4) is 0 Å². The molecule has 1 aromatic heterocycles. The van der Waals surface area contributed by atoms with E-state index in [1.165, 1.54) is 20.1 Å². The fourth-order valence-electron chi connectivity index (χ4n) is 2.70. The lowest BCUT2D eigenvalue weighted by Gasteiger charge is -2.03. The zero-order valence-electron chi connectivity index (χ0n) is 14.9. The third-order valence-electron chi connectivity index (χ3n) is 3.92. The predicted molar refractivity (Wildman–Crippen MR) is 104 cm³/mol. The number of nitrogens with one attached hydrogen (secondary N) is 2. The molecule has 0 unspecified atom stereocenters. The number of nitrogens with zero attached hydrogens (tertiary/aromatic N) is 2. The Balaban J connectivity index is 1.74. The number of hydrogen-bond donors (Lipinski definition) is 2. The summed E-state index contributed by atoms with van der Waals surface area (Å²) in [6.07, 6.45) is 3.19. The number of carbonyl (C=O) groups excluding carboxylic acids is 3. The van der Waals surface area contributed by atoms with Gasteiger partial charge in [0.1, 0.15) is 0 Å². The van der Waals surface area contributed by atoms with Gasteiger partial charge in [0.05, 0.1) is 11.7 Å². The van der Waals surface area contributed by atoms with Crippen molar-refractivity contribution in [1.29, 1.82) is 0 Å². The first kappa shape index (κ1) is 18.1. The van der Waals surface area contributed by atoms with Crippen LogP contribution in [0.4, 0.5) is 5.69 Å². The third kappa shape index (κ3) is 4.09. The maximum absolute atomic E-state index is 12.2. The molecule has 0 aliphatic carbocycles. The molecule has 7 heteroatoms. The summed E-state index contributed by atoms with van der Waals surface area (Å²) in [5.41, 5.74) is 4.99. The van der Waals surface area contributed by atoms with Crippen LogP contribution >= 0.6 is 0 Å². The Bertz CT molecular complexity index is 1050. The smallest absolute Gasteiger partial charge is 0.271 e. The number of hydrogen-bond acceptors (Lipinski definition) is 4. The molecule has 0 bridgehead atoms. The molecule has 3 aromatic rings. The van der Waals surface area contributed by atoms with Gasteiger partial charge in [0.15, 0.2) is 0 Å². The first-order chi connectivity index (χ1) is 13.0. The molecule has 2 aromatic carbocycles. The Morgan fingerprint density at radius 2 is 1.70 bits per heavy atom. The van der Waals surface area contributed by atoms with Crippen LogP contribution in [0.25, 0.3) is 10.9 Å². The molecule has 0 aliphatic rings. The van der Waals surface area contributed by atoms with E-state index < -0.39 is 0 Å². The van der Waals surface area contributed by atoms with Gasteiger partial charge in [0.2, 0.25) is 11.8 Å². The molecule has 0 fully saturated rings. The molecule has 0 saturated heterocycles.